The highest BCUT2D eigenvalue weighted by atomic mass is 16.5. The molecule has 1 saturated heterocycles. The first-order valence-corrected chi connectivity index (χ1v) is 4.91. The van der Waals surface area contributed by atoms with Crippen molar-refractivity contribution in [1.82, 2.24) is 4.98 Å². The highest BCUT2D eigenvalue weighted by Crippen LogP contribution is 2.36. The molecule has 2 aromatic rings. The van der Waals surface area contributed by atoms with Gasteiger partial charge >= 0.3 is 0 Å². The molecule has 0 aliphatic carbocycles. The van der Waals surface area contributed by atoms with Gasteiger partial charge in [0.25, 0.3) is 0 Å². The van der Waals surface area contributed by atoms with E-state index in [0.29, 0.717) is 13.2 Å². The summed E-state index contributed by atoms with van der Waals surface area (Å²) in [7, 11) is 0. The van der Waals surface area contributed by atoms with Gasteiger partial charge in [0.2, 0.25) is 0 Å². The number of rotatable bonds is 1. The van der Waals surface area contributed by atoms with Crippen LogP contribution >= 0.6 is 0 Å². The fourth-order valence-corrected chi connectivity index (χ4v) is 2.05. The van der Waals surface area contributed by atoms with E-state index in [9.17, 15) is 5.26 Å². The molecule has 1 N–H and O–H groups in total. The average molecular weight is 198 g/mol. The van der Waals surface area contributed by atoms with Crippen molar-refractivity contribution in [3.05, 3.63) is 36.0 Å². The van der Waals surface area contributed by atoms with E-state index in [1.165, 1.54) is 0 Å². The third-order valence-electron chi connectivity index (χ3n) is 3.02. The van der Waals surface area contributed by atoms with Crippen LogP contribution in [0.2, 0.25) is 0 Å². The van der Waals surface area contributed by atoms with Crippen LogP contribution in [-0.2, 0) is 10.2 Å². The molecule has 3 rings (SSSR count). The van der Waals surface area contributed by atoms with Crippen LogP contribution in [0.5, 0.6) is 0 Å². The second-order valence-corrected chi connectivity index (χ2v) is 3.93. The Hall–Kier alpha value is -1.79. The smallest absolute Gasteiger partial charge is 0.131 e. The molecule has 2 heterocycles. The first-order valence-electron chi connectivity index (χ1n) is 4.91. The minimum Gasteiger partial charge on any atom is -0.377 e. The number of fused-ring (bicyclic) bond motifs is 1. The van der Waals surface area contributed by atoms with Crippen molar-refractivity contribution in [2.75, 3.05) is 13.2 Å². The van der Waals surface area contributed by atoms with Crippen molar-refractivity contribution in [2.45, 2.75) is 5.41 Å². The molecule has 0 unspecified atom stereocenters. The second-order valence-electron chi connectivity index (χ2n) is 3.93. The van der Waals surface area contributed by atoms with Crippen molar-refractivity contribution in [3.8, 4) is 6.07 Å². The van der Waals surface area contributed by atoms with E-state index in [0.717, 1.165) is 16.5 Å². The first kappa shape index (κ1) is 8.51. The summed E-state index contributed by atoms with van der Waals surface area (Å²) in [4.78, 5) is 3.19. The molecule has 0 radical (unpaired) electrons. The summed E-state index contributed by atoms with van der Waals surface area (Å²) in [5.74, 6) is 0. The molecule has 1 aliphatic rings. The molecular formula is C12H10N2O. The number of H-pyrrole nitrogens is 1. The zero-order valence-electron chi connectivity index (χ0n) is 8.16. The summed E-state index contributed by atoms with van der Waals surface area (Å²) in [5, 5.41) is 10.4. The van der Waals surface area contributed by atoms with E-state index in [1.807, 2.05) is 30.5 Å². The quantitative estimate of drug-likeness (QED) is 0.761. The average Bonchev–Trinajstić information content (AvgIpc) is 2.62. The van der Waals surface area contributed by atoms with Gasteiger partial charge in [0, 0.05) is 22.7 Å². The standard InChI is InChI=1S/C12H10N2O/c13-6-12(7-15-8-12)10-5-14-11-4-2-1-3-9(10)11/h1-5,14H,7-8H2. The maximum atomic E-state index is 9.22. The van der Waals surface area contributed by atoms with Gasteiger partial charge in [-0.05, 0) is 6.07 Å². The number of hydrogen-bond acceptors (Lipinski definition) is 2. The summed E-state index contributed by atoms with van der Waals surface area (Å²) in [6.45, 7) is 1.01. The Morgan fingerprint density at radius 3 is 2.80 bits per heavy atom. The molecule has 74 valence electrons. The van der Waals surface area contributed by atoms with Crippen LogP contribution in [0, 0.1) is 11.3 Å². The van der Waals surface area contributed by atoms with Crippen molar-refractivity contribution in [1.29, 1.82) is 5.26 Å². The van der Waals surface area contributed by atoms with Crippen LogP contribution in [0.15, 0.2) is 30.5 Å². The molecule has 1 aromatic heterocycles. The van der Waals surface area contributed by atoms with Crippen LogP contribution in [0.25, 0.3) is 10.9 Å². The largest absolute Gasteiger partial charge is 0.377 e. The molecule has 0 spiro atoms. The Morgan fingerprint density at radius 2 is 2.13 bits per heavy atom. The number of nitrogens with zero attached hydrogens (tertiary/aromatic N) is 1. The monoisotopic (exact) mass is 198 g/mol. The van der Waals surface area contributed by atoms with E-state index < -0.39 is 5.41 Å². The highest BCUT2D eigenvalue weighted by molar-refractivity contribution is 5.85. The number of benzene rings is 1. The van der Waals surface area contributed by atoms with Gasteiger partial charge in [-0.15, -0.1) is 0 Å². The fraction of sp³-hybridized carbons (Fsp3) is 0.250. The number of hydrogen-bond donors (Lipinski definition) is 1. The van der Waals surface area contributed by atoms with E-state index in [1.54, 1.807) is 0 Å². The summed E-state index contributed by atoms with van der Waals surface area (Å²) < 4.78 is 5.17. The number of aromatic amines is 1. The molecule has 0 atom stereocenters. The normalized spacial score (nSPS) is 18.3. The molecule has 1 fully saturated rings. The van der Waals surface area contributed by atoms with Crippen LogP contribution in [0.3, 0.4) is 0 Å². The minimum absolute atomic E-state index is 0.431. The lowest BCUT2D eigenvalue weighted by molar-refractivity contribution is -0.0291. The number of aromatic nitrogens is 1. The minimum atomic E-state index is -0.431. The Morgan fingerprint density at radius 1 is 1.33 bits per heavy atom. The lowest BCUT2D eigenvalue weighted by atomic mass is 9.80. The molecule has 3 nitrogen and oxygen atoms in total. The van der Waals surface area contributed by atoms with Gasteiger partial charge in [0.15, 0.2) is 0 Å². The van der Waals surface area contributed by atoms with Gasteiger partial charge in [-0.3, -0.25) is 0 Å². The van der Waals surface area contributed by atoms with Gasteiger partial charge in [-0.1, -0.05) is 18.2 Å². The second kappa shape index (κ2) is 2.85. The maximum absolute atomic E-state index is 9.22. The van der Waals surface area contributed by atoms with E-state index in [-0.39, 0.29) is 0 Å². The molecular weight excluding hydrogens is 188 g/mol. The highest BCUT2D eigenvalue weighted by Gasteiger charge is 2.42. The van der Waals surface area contributed by atoms with E-state index in [4.69, 9.17) is 4.74 Å². The lowest BCUT2D eigenvalue weighted by Crippen LogP contribution is -2.45. The number of ether oxygens (including phenoxy) is 1. The predicted molar refractivity (Wildman–Crippen MR) is 56.4 cm³/mol. The topological polar surface area (TPSA) is 48.8 Å². The fourth-order valence-electron chi connectivity index (χ4n) is 2.05. The Balaban J connectivity index is 2.24. The zero-order valence-corrected chi connectivity index (χ0v) is 8.16. The zero-order chi connectivity index (χ0) is 10.3. The van der Waals surface area contributed by atoms with Crippen molar-refractivity contribution >= 4 is 10.9 Å². The summed E-state index contributed by atoms with van der Waals surface area (Å²) in [5.41, 5.74) is 1.71. The van der Waals surface area contributed by atoms with Gasteiger partial charge < -0.3 is 9.72 Å². The molecule has 0 bridgehead atoms. The third kappa shape index (κ3) is 1.03. The molecule has 3 heteroatoms. The van der Waals surface area contributed by atoms with Crippen LogP contribution < -0.4 is 0 Å². The van der Waals surface area contributed by atoms with Crippen LogP contribution in [0.1, 0.15) is 5.56 Å². The number of para-hydroxylation sites is 1. The molecule has 0 amide bonds. The lowest BCUT2D eigenvalue weighted by Gasteiger charge is -2.34. The van der Waals surface area contributed by atoms with Crippen molar-refractivity contribution in [2.24, 2.45) is 0 Å². The SMILES string of the molecule is N#CC1(c2c[nH]c3ccccc23)COC1. The van der Waals surface area contributed by atoms with Gasteiger partial charge in [0.05, 0.1) is 19.3 Å². The van der Waals surface area contributed by atoms with Gasteiger partial charge in [-0.2, -0.15) is 5.26 Å². The van der Waals surface area contributed by atoms with E-state index in [2.05, 4.69) is 11.1 Å². The molecule has 15 heavy (non-hydrogen) atoms. The third-order valence-corrected chi connectivity index (χ3v) is 3.02. The van der Waals surface area contributed by atoms with Crippen molar-refractivity contribution < 1.29 is 4.74 Å². The summed E-state index contributed by atoms with van der Waals surface area (Å²) in [6.07, 6.45) is 1.93. The Labute approximate surface area is 87.3 Å². The number of nitrogens with one attached hydrogen (secondary N) is 1. The van der Waals surface area contributed by atoms with Crippen LogP contribution in [0.4, 0.5) is 0 Å². The summed E-state index contributed by atoms with van der Waals surface area (Å²) in [6, 6.07) is 10.4. The Kier molecular flexibility index (Phi) is 1.62. The maximum Gasteiger partial charge on any atom is 0.131 e. The van der Waals surface area contributed by atoms with Crippen molar-refractivity contribution in [3.63, 3.8) is 0 Å². The first-order chi connectivity index (χ1) is 7.36. The van der Waals surface area contributed by atoms with Gasteiger partial charge in [0.1, 0.15) is 5.41 Å². The molecule has 1 aromatic carbocycles. The van der Waals surface area contributed by atoms with Crippen LogP contribution in [-0.4, -0.2) is 18.2 Å². The predicted octanol–water partition coefficient (Wildman–Crippen LogP) is 1.96. The van der Waals surface area contributed by atoms with Gasteiger partial charge in [-0.25, -0.2) is 0 Å². The number of nitriles is 1. The molecule has 1 aliphatic heterocycles. The summed E-state index contributed by atoms with van der Waals surface area (Å²) >= 11 is 0. The molecule has 0 saturated carbocycles. The van der Waals surface area contributed by atoms with E-state index >= 15 is 0 Å². The Bertz CT molecular complexity index is 546.